The number of rotatable bonds is 4. The summed E-state index contributed by atoms with van der Waals surface area (Å²) in [6.07, 6.45) is 4.70. The quantitative estimate of drug-likeness (QED) is 0.706. The molecule has 156 valence electrons. The second-order valence-electron chi connectivity index (χ2n) is 7.45. The third kappa shape index (κ3) is 3.10. The molecule has 0 radical (unpaired) electrons. The zero-order chi connectivity index (χ0) is 21.6. The van der Waals surface area contributed by atoms with Crippen LogP contribution in [0.15, 0.2) is 39.8 Å². The Morgan fingerprint density at radius 3 is 2.77 bits per heavy atom. The second kappa shape index (κ2) is 7.29. The number of amides is 3. The van der Waals surface area contributed by atoms with Crippen LogP contribution in [0.25, 0.3) is 0 Å². The Labute approximate surface area is 171 Å². The van der Waals surface area contributed by atoms with Crippen LogP contribution in [0, 0.1) is 0 Å². The minimum atomic E-state index is -0.679. The van der Waals surface area contributed by atoms with Crippen molar-refractivity contribution < 1.29 is 19.5 Å². The van der Waals surface area contributed by atoms with Crippen LogP contribution in [0.4, 0.5) is 0 Å². The van der Waals surface area contributed by atoms with Crippen LogP contribution in [0.3, 0.4) is 0 Å². The number of fused-ring (bicyclic) bond motifs is 2. The number of carbonyl (C=O) groups is 3. The van der Waals surface area contributed by atoms with Gasteiger partial charge in [0.1, 0.15) is 12.4 Å². The Morgan fingerprint density at radius 2 is 2.03 bits per heavy atom. The number of aliphatic imine (C=N–C) groups is 1. The molecule has 0 saturated heterocycles. The number of hydrogen-bond acceptors (Lipinski definition) is 6. The number of allylic oxidation sites excluding steroid dienone is 2. The smallest absolute Gasteiger partial charge is 0.274 e. The van der Waals surface area contributed by atoms with Crippen molar-refractivity contribution >= 4 is 23.6 Å². The van der Waals surface area contributed by atoms with Gasteiger partial charge >= 0.3 is 0 Å². The van der Waals surface area contributed by atoms with Gasteiger partial charge in [-0.25, -0.2) is 0 Å². The first-order chi connectivity index (χ1) is 14.3. The first-order valence-corrected chi connectivity index (χ1v) is 9.59. The van der Waals surface area contributed by atoms with Crippen molar-refractivity contribution in [3.8, 4) is 5.75 Å². The topological polar surface area (TPSA) is 124 Å². The van der Waals surface area contributed by atoms with Crippen LogP contribution < -0.4 is 10.7 Å². The van der Waals surface area contributed by atoms with Gasteiger partial charge in [-0.1, -0.05) is 0 Å². The Hall–Kier alpha value is -3.69. The molecule has 1 aromatic rings. The summed E-state index contributed by atoms with van der Waals surface area (Å²) in [5, 5.41) is 12.9. The molecule has 1 aromatic heterocycles. The van der Waals surface area contributed by atoms with E-state index in [2.05, 4.69) is 10.3 Å². The summed E-state index contributed by atoms with van der Waals surface area (Å²) >= 11 is 0. The predicted octanol–water partition coefficient (Wildman–Crippen LogP) is -0.271. The molecule has 3 amide bonds. The molecule has 10 heteroatoms. The highest BCUT2D eigenvalue weighted by atomic mass is 16.3. The van der Waals surface area contributed by atoms with E-state index in [0.29, 0.717) is 18.8 Å². The lowest BCUT2D eigenvalue weighted by atomic mass is 10.1. The van der Waals surface area contributed by atoms with E-state index in [9.17, 15) is 24.3 Å². The van der Waals surface area contributed by atoms with Gasteiger partial charge in [-0.15, -0.1) is 0 Å². The number of amidine groups is 1. The van der Waals surface area contributed by atoms with E-state index in [1.54, 1.807) is 27.8 Å². The van der Waals surface area contributed by atoms with E-state index >= 15 is 0 Å². The number of nitrogens with zero attached hydrogens (tertiary/aromatic N) is 4. The zero-order valence-electron chi connectivity index (χ0n) is 16.6. The van der Waals surface area contributed by atoms with Crippen LogP contribution in [0.2, 0.25) is 0 Å². The average Bonchev–Trinajstić information content (AvgIpc) is 3.10. The third-order valence-electron chi connectivity index (χ3n) is 5.30. The van der Waals surface area contributed by atoms with E-state index in [1.807, 2.05) is 13.8 Å². The molecule has 2 N–H and O–H groups in total. The summed E-state index contributed by atoms with van der Waals surface area (Å²) in [5.41, 5.74) is -0.0961. The summed E-state index contributed by atoms with van der Waals surface area (Å²) in [4.78, 5) is 56.5. The standard InChI is InChI=1S/C20H21N5O5/c1-11(2)23-6-7-24-12(8-14(26)17(28)16(24)20(23)30)9-22-19(29)13-4-3-5-25-15(27)10-21-18(13)25/h3-5,8,11,28H,6-7,9-10H2,1-2H3,(H,22,29). The fraction of sp³-hybridized carbons (Fsp3) is 0.350. The fourth-order valence-electron chi connectivity index (χ4n) is 3.77. The molecule has 0 spiro atoms. The van der Waals surface area contributed by atoms with Crippen LogP contribution in [-0.2, 0) is 22.7 Å². The minimum absolute atomic E-state index is 0.0143. The van der Waals surface area contributed by atoms with Crippen molar-refractivity contribution in [3.63, 3.8) is 0 Å². The summed E-state index contributed by atoms with van der Waals surface area (Å²) in [7, 11) is 0. The van der Waals surface area contributed by atoms with Gasteiger partial charge in [0, 0.05) is 37.1 Å². The molecule has 0 unspecified atom stereocenters. The summed E-state index contributed by atoms with van der Waals surface area (Å²) in [6, 6.07) is 1.14. The molecule has 0 atom stereocenters. The Balaban J connectivity index is 1.59. The molecule has 4 heterocycles. The van der Waals surface area contributed by atoms with Crippen LogP contribution >= 0.6 is 0 Å². The maximum Gasteiger partial charge on any atom is 0.274 e. The lowest BCUT2D eigenvalue weighted by Gasteiger charge is -2.34. The highest BCUT2D eigenvalue weighted by molar-refractivity contribution is 6.27. The van der Waals surface area contributed by atoms with E-state index < -0.39 is 23.0 Å². The number of hydrogen-bond donors (Lipinski definition) is 2. The summed E-state index contributed by atoms with van der Waals surface area (Å²) in [5.74, 6) is -1.40. The van der Waals surface area contributed by atoms with Gasteiger partial charge in [0.2, 0.25) is 5.43 Å². The molecule has 10 nitrogen and oxygen atoms in total. The molecule has 0 fully saturated rings. The fourth-order valence-corrected chi connectivity index (χ4v) is 3.77. The third-order valence-corrected chi connectivity index (χ3v) is 5.30. The van der Waals surface area contributed by atoms with Gasteiger partial charge in [-0.05, 0) is 26.0 Å². The van der Waals surface area contributed by atoms with Gasteiger partial charge in [-0.2, -0.15) is 0 Å². The molecule has 0 aromatic carbocycles. The summed E-state index contributed by atoms with van der Waals surface area (Å²) < 4.78 is 1.57. The minimum Gasteiger partial charge on any atom is -0.503 e. The SMILES string of the molecule is CC(C)N1CCn2c(CNC(=O)C3=CC=CN4C(=O)CN=C34)cc(=O)c(O)c2C1=O. The van der Waals surface area contributed by atoms with E-state index in [-0.39, 0.29) is 42.1 Å². The molecule has 30 heavy (non-hydrogen) atoms. The summed E-state index contributed by atoms with van der Waals surface area (Å²) in [6.45, 7) is 4.49. The Morgan fingerprint density at radius 1 is 1.27 bits per heavy atom. The number of aromatic hydroxyl groups is 1. The van der Waals surface area contributed by atoms with Crippen molar-refractivity contribution in [2.24, 2.45) is 4.99 Å². The molecule has 0 saturated carbocycles. The largest absolute Gasteiger partial charge is 0.503 e. The van der Waals surface area contributed by atoms with Gasteiger partial charge in [0.05, 0.1) is 12.1 Å². The average molecular weight is 411 g/mol. The van der Waals surface area contributed by atoms with E-state index in [0.717, 1.165) is 0 Å². The van der Waals surface area contributed by atoms with Crippen LogP contribution in [-0.4, -0.2) is 62.2 Å². The lowest BCUT2D eigenvalue weighted by Crippen LogP contribution is -2.46. The van der Waals surface area contributed by atoms with Crippen molar-refractivity contribution in [3.05, 3.63) is 51.6 Å². The zero-order valence-corrected chi connectivity index (χ0v) is 16.6. The van der Waals surface area contributed by atoms with Crippen molar-refractivity contribution in [2.75, 3.05) is 13.1 Å². The van der Waals surface area contributed by atoms with E-state index in [4.69, 9.17) is 0 Å². The second-order valence-corrected chi connectivity index (χ2v) is 7.45. The maximum atomic E-state index is 12.8. The van der Waals surface area contributed by atoms with Crippen LogP contribution in [0.1, 0.15) is 30.0 Å². The predicted molar refractivity (Wildman–Crippen MR) is 107 cm³/mol. The number of aromatic nitrogens is 1. The van der Waals surface area contributed by atoms with Crippen molar-refractivity contribution in [1.82, 2.24) is 19.7 Å². The first-order valence-electron chi connectivity index (χ1n) is 9.59. The van der Waals surface area contributed by atoms with Gasteiger partial charge in [-0.3, -0.25) is 29.1 Å². The maximum absolute atomic E-state index is 12.8. The van der Waals surface area contributed by atoms with Gasteiger partial charge in [0.15, 0.2) is 11.4 Å². The van der Waals surface area contributed by atoms with Crippen molar-refractivity contribution in [1.29, 1.82) is 0 Å². The Bertz CT molecular complexity index is 1110. The van der Waals surface area contributed by atoms with Crippen LogP contribution in [0.5, 0.6) is 5.75 Å². The molecule has 3 aliphatic rings. The monoisotopic (exact) mass is 411 g/mol. The highest BCUT2D eigenvalue weighted by Gasteiger charge is 2.33. The Kier molecular flexibility index (Phi) is 4.76. The van der Waals surface area contributed by atoms with Crippen molar-refractivity contribution in [2.45, 2.75) is 33.0 Å². The normalized spacial score (nSPS) is 17.7. The molecular weight excluding hydrogens is 390 g/mol. The number of pyridine rings is 1. The number of nitrogens with one attached hydrogen (secondary N) is 1. The first kappa shape index (κ1) is 19.6. The molecule has 3 aliphatic heterocycles. The number of carbonyl (C=O) groups excluding carboxylic acids is 3. The highest BCUT2D eigenvalue weighted by Crippen LogP contribution is 2.23. The molecule has 4 rings (SSSR count). The molecule has 0 bridgehead atoms. The van der Waals surface area contributed by atoms with Gasteiger partial charge < -0.3 is 19.9 Å². The van der Waals surface area contributed by atoms with E-state index in [1.165, 1.54) is 11.0 Å². The lowest BCUT2D eigenvalue weighted by molar-refractivity contribution is -0.123. The molecule has 0 aliphatic carbocycles. The van der Waals surface area contributed by atoms with Gasteiger partial charge in [0.25, 0.3) is 17.7 Å². The molecular formula is C20H21N5O5.